The molecule has 1 N–H and O–H groups in total. The normalized spacial score (nSPS) is 12.3. The van der Waals surface area contributed by atoms with Gasteiger partial charge in [-0.05, 0) is 52.2 Å². The molecule has 29 heavy (non-hydrogen) atoms. The van der Waals surface area contributed by atoms with E-state index in [9.17, 15) is 9.59 Å². The Morgan fingerprint density at radius 3 is 2.03 bits per heavy atom. The van der Waals surface area contributed by atoms with E-state index >= 15 is 0 Å². The molecule has 4 heteroatoms. The standard InChI is InChI=1S/C25H34N2O2/c1-7-22(24(29)26-25(4,5)6)27(17-21-13-9-11-19(3)15-21)23(28)16-20-12-8-10-18(2)14-20/h8-15,22H,7,16-17H2,1-6H3,(H,26,29)/t22-/m0/s1. The Morgan fingerprint density at radius 2 is 1.52 bits per heavy atom. The lowest BCUT2D eigenvalue weighted by molar-refractivity contribution is -0.141. The number of aryl methyl sites for hydroxylation is 2. The van der Waals surface area contributed by atoms with Crippen molar-refractivity contribution in [2.45, 2.75) is 72.5 Å². The fourth-order valence-electron chi connectivity index (χ4n) is 3.48. The third-order valence-electron chi connectivity index (χ3n) is 4.76. The molecule has 0 heterocycles. The second-order valence-corrected chi connectivity index (χ2v) is 8.84. The Bertz CT molecular complexity index is 852. The molecule has 0 bridgehead atoms. The van der Waals surface area contributed by atoms with Crippen molar-refractivity contribution in [2.24, 2.45) is 0 Å². The predicted molar refractivity (Wildman–Crippen MR) is 119 cm³/mol. The summed E-state index contributed by atoms with van der Waals surface area (Å²) >= 11 is 0. The molecule has 156 valence electrons. The Labute approximate surface area is 175 Å². The second kappa shape index (κ2) is 9.73. The van der Waals surface area contributed by atoms with Gasteiger partial charge < -0.3 is 10.2 Å². The van der Waals surface area contributed by atoms with E-state index in [1.54, 1.807) is 4.90 Å². The van der Waals surface area contributed by atoms with Crippen LogP contribution in [0.15, 0.2) is 48.5 Å². The number of nitrogens with zero attached hydrogens (tertiary/aromatic N) is 1. The SMILES string of the molecule is CC[C@@H](C(=O)NC(C)(C)C)N(Cc1cccc(C)c1)C(=O)Cc1cccc(C)c1. The minimum absolute atomic E-state index is 0.0342. The lowest BCUT2D eigenvalue weighted by Crippen LogP contribution is -2.53. The van der Waals surface area contributed by atoms with Crippen molar-refractivity contribution in [2.75, 3.05) is 0 Å². The quantitative estimate of drug-likeness (QED) is 0.748. The number of nitrogens with one attached hydrogen (secondary N) is 1. The zero-order chi connectivity index (χ0) is 21.6. The van der Waals surface area contributed by atoms with Crippen molar-refractivity contribution in [3.05, 3.63) is 70.8 Å². The second-order valence-electron chi connectivity index (χ2n) is 8.84. The first-order valence-corrected chi connectivity index (χ1v) is 10.3. The van der Waals surface area contributed by atoms with Gasteiger partial charge in [-0.25, -0.2) is 0 Å². The van der Waals surface area contributed by atoms with Crippen LogP contribution in [-0.4, -0.2) is 28.3 Å². The van der Waals surface area contributed by atoms with Gasteiger partial charge in [-0.2, -0.15) is 0 Å². The van der Waals surface area contributed by atoms with Gasteiger partial charge in [0.05, 0.1) is 6.42 Å². The molecule has 0 radical (unpaired) electrons. The predicted octanol–water partition coefficient (Wildman–Crippen LogP) is 4.57. The zero-order valence-electron chi connectivity index (χ0n) is 18.6. The maximum atomic E-state index is 13.3. The lowest BCUT2D eigenvalue weighted by Gasteiger charge is -2.33. The molecule has 2 rings (SSSR count). The third-order valence-corrected chi connectivity index (χ3v) is 4.76. The van der Waals surface area contributed by atoms with Gasteiger partial charge in [0.2, 0.25) is 11.8 Å². The number of hydrogen-bond donors (Lipinski definition) is 1. The van der Waals surface area contributed by atoms with Crippen LogP contribution in [0.5, 0.6) is 0 Å². The van der Waals surface area contributed by atoms with E-state index in [2.05, 4.69) is 11.4 Å². The van der Waals surface area contributed by atoms with Gasteiger partial charge in [0.25, 0.3) is 0 Å². The molecule has 2 aromatic rings. The van der Waals surface area contributed by atoms with Crippen LogP contribution in [0, 0.1) is 13.8 Å². The molecule has 2 aromatic carbocycles. The monoisotopic (exact) mass is 394 g/mol. The van der Waals surface area contributed by atoms with Crippen LogP contribution >= 0.6 is 0 Å². The maximum Gasteiger partial charge on any atom is 0.243 e. The molecule has 0 aliphatic rings. The van der Waals surface area contributed by atoms with E-state index in [1.165, 1.54) is 0 Å². The Morgan fingerprint density at radius 1 is 0.966 bits per heavy atom. The summed E-state index contributed by atoms with van der Waals surface area (Å²) in [4.78, 5) is 28.1. The molecule has 0 aliphatic heterocycles. The van der Waals surface area contributed by atoms with Crippen LogP contribution in [0.3, 0.4) is 0 Å². The average Bonchev–Trinajstić information content (AvgIpc) is 2.60. The lowest BCUT2D eigenvalue weighted by atomic mass is 10.0. The smallest absolute Gasteiger partial charge is 0.243 e. The highest BCUT2D eigenvalue weighted by Crippen LogP contribution is 2.17. The Kier molecular flexibility index (Phi) is 7.60. The van der Waals surface area contributed by atoms with Crippen LogP contribution in [0.25, 0.3) is 0 Å². The molecule has 0 aromatic heterocycles. The number of rotatable bonds is 7. The summed E-state index contributed by atoms with van der Waals surface area (Å²) in [7, 11) is 0. The Balaban J connectivity index is 2.32. The molecule has 0 aliphatic carbocycles. The first-order chi connectivity index (χ1) is 13.6. The molecule has 0 saturated carbocycles. The van der Waals surface area contributed by atoms with E-state index in [0.717, 1.165) is 22.3 Å². The number of hydrogen-bond acceptors (Lipinski definition) is 2. The summed E-state index contributed by atoms with van der Waals surface area (Å²) in [6, 6.07) is 15.6. The molecule has 0 spiro atoms. The Hall–Kier alpha value is -2.62. The minimum atomic E-state index is -0.507. The van der Waals surface area contributed by atoms with Gasteiger partial charge in [-0.15, -0.1) is 0 Å². The van der Waals surface area contributed by atoms with Crippen LogP contribution in [0.1, 0.15) is 56.4 Å². The number of carbonyl (C=O) groups excluding carboxylic acids is 2. The minimum Gasteiger partial charge on any atom is -0.350 e. The fourth-order valence-corrected chi connectivity index (χ4v) is 3.48. The summed E-state index contributed by atoms with van der Waals surface area (Å²) in [5.74, 6) is -0.140. The summed E-state index contributed by atoms with van der Waals surface area (Å²) < 4.78 is 0. The van der Waals surface area contributed by atoms with Crippen molar-refractivity contribution >= 4 is 11.8 Å². The first kappa shape index (κ1) is 22.7. The van der Waals surface area contributed by atoms with E-state index in [0.29, 0.717) is 13.0 Å². The van der Waals surface area contributed by atoms with Gasteiger partial charge >= 0.3 is 0 Å². The van der Waals surface area contributed by atoms with Gasteiger partial charge in [0, 0.05) is 12.1 Å². The van der Waals surface area contributed by atoms with Gasteiger partial charge in [0.1, 0.15) is 6.04 Å². The molecular formula is C25H34N2O2. The molecule has 2 amide bonds. The van der Waals surface area contributed by atoms with Gasteiger partial charge in [0.15, 0.2) is 0 Å². The third kappa shape index (κ3) is 7.04. The molecule has 0 unspecified atom stereocenters. The molecule has 1 atom stereocenters. The number of amides is 2. The van der Waals surface area contributed by atoms with Crippen LogP contribution in [0.4, 0.5) is 0 Å². The van der Waals surface area contributed by atoms with Crippen LogP contribution in [0.2, 0.25) is 0 Å². The summed E-state index contributed by atoms with van der Waals surface area (Å²) in [6.45, 7) is 12.3. The highest BCUT2D eigenvalue weighted by molar-refractivity contribution is 5.88. The van der Waals surface area contributed by atoms with E-state index in [-0.39, 0.29) is 23.8 Å². The van der Waals surface area contributed by atoms with E-state index in [4.69, 9.17) is 0 Å². The summed E-state index contributed by atoms with van der Waals surface area (Å²) in [5.41, 5.74) is 3.91. The number of carbonyl (C=O) groups is 2. The fraction of sp³-hybridized carbons (Fsp3) is 0.440. The van der Waals surface area contributed by atoms with Crippen molar-refractivity contribution in [3.8, 4) is 0 Å². The number of benzene rings is 2. The average molecular weight is 395 g/mol. The van der Waals surface area contributed by atoms with Crippen LogP contribution in [-0.2, 0) is 22.6 Å². The van der Waals surface area contributed by atoms with Crippen molar-refractivity contribution < 1.29 is 9.59 Å². The molecule has 0 fully saturated rings. The maximum absolute atomic E-state index is 13.3. The summed E-state index contributed by atoms with van der Waals surface area (Å²) in [6.07, 6.45) is 0.847. The first-order valence-electron chi connectivity index (χ1n) is 10.3. The topological polar surface area (TPSA) is 49.4 Å². The summed E-state index contributed by atoms with van der Waals surface area (Å²) in [5, 5.41) is 3.04. The largest absolute Gasteiger partial charge is 0.350 e. The van der Waals surface area contributed by atoms with Crippen molar-refractivity contribution in [1.82, 2.24) is 10.2 Å². The molecule has 0 saturated heterocycles. The highest BCUT2D eigenvalue weighted by atomic mass is 16.2. The van der Waals surface area contributed by atoms with E-state index in [1.807, 2.05) is 84.0 Å². The molecular weight excluding hydrogens is 360 g/mol. The van der Waals surface area contributed by atoms with Crippen molar-refractivity contribution in [3.63, 3.8) is 0 Å². The van der Waals surface area contributed by atoms with Crippen molar-refractivity contribution in [1.29, 1.82) is 0 Å². The molecule has 4 nitrogen and oxygen atoms in total. The van der Waals surface area contributed by atoms with Gasteiger partial charge in [-0.3, -0.25) is 9.59 Å². The zero-order valence-corrected chi connectivity index (χ0v) is 18.6. The van der Waals surface area contributed by atoms with Crippen LogP contribution < -0.4 is 5.32 Å². The van der Waals surface area contributed by atoms with Gasteiger partial charge in [-0.1, -0.05) is 66.6 Å². The van der Waals surface area contributed by atoms with E-state index < -0.39 is 6.04 Å². The highest BCUT2D eigenvalue weighted by Gasteiger charge is 2.30.